The molecule has 4 aromatic rings. The molecule has 0 aliphatic carbocycles. The van der Waals surface area contributed by atoms with Gasteiger partial charge in [0.05, 0.1) is 7.11 Å². The maximum atomic E-state index is 11.9. The molecule has 0 aliphatic heterocycles. The molecule has 2 N–H and O–H groups in total. The van der Waals surface area contributed by atoms with E-state index in [4.69, 9.17) is 4.74 Å². The Morgan fingerprint density at radius 3 is 2.33 bits per heavy atom. The lowest BCUT2D eigenvalue weighted by molar-refractivity contribution is -0.140. The van der Waals surface area contributed by atoms with Gasteiger partial charge in [-0.15, -0.1) is 0 Å². The fourth-order valence-corrected chi connectivity index (χ4v) is 3.73. The Hall–Kier alpha value is -3.79. The van der Waals surface area contributed by atoms with E-state index in [-0.39, 0.29) is 18.1 Å². The zero-order valence-corrected chi connectivity index (χ0v) is 16.8. The standard InChI is InChI=1S/C26H23NO3/c1-30-25(29)14-12-23(18-5-3-2-4-6-18)26(19-7-10-22(28)11-8-19)21-9-13-24-20(17-21)15-16-27-24/h2-11,13,15-17,27-28H,12,14H2,1H3/b26-23-. The average molecular weight is 397 g/mol. The Morgan fingerprint density at radius 2 is 1.60 bits per heavy atom. The number of allylic oxidation sites excluding steroid dienone is 1. The fourth-order valence-electron chi connectivity index (χ4n) is 3.73. The van der Waals surface area contributed by atoms with Crippen molar-refractivity contribution in [2.24, 2.45) is 0 Å². The molecule has 0 fully saturated rings. The van der Waals surface area contributed by atoms with Crippen molar-refractivity contribution in [3.05, 3.63) is 102 Å². The summed E-state index contributed by atoms with van der Waals surface area (Å²) in [7, 11) is 1.41. The molecule has 1 heterocycles. The molecular weight excluding hydrogens is 374 g/mol. The van der Waals surface area contributed by atoms with E-state index in [1.165, 1.54) is 7.11 Å². The maximum Gasteiger partial charge on any atom is 0.305 e. The van der Waals surface area contributed by atoms with E-state index in [1.807, 2.05) is 42.6 Å². The largest absolute Gasteiger partial charge is 0.508 e. The number of carbonyl (C=O) groups excluding carboxylic acids is 1. The number of benzene rings is 3. The van der Waals surface area contributed by atoms with Gasteiger partial charge in [0.1, 0.15) is 5.75 Å². The lowest BCUT2D eigenvalue weighted by Crippen LogP contribution is -2.02. The summed E-state index contributed by atoms with van der Waals surface area (Å²) in [5, 5.41) is 10.9. The van der Waals surface area contributed by atoms with Gasteiger partial charge in [0.2, 0.25) is 0 Å². The molecule has 3 aromatic carbocycles. The van der Waals surface area contributed by atoms with E-state index < -0.39 is 0 Å². The molecule has 0 amide bonds. The lowest BCUT2D eigenvalue weighted by Gasteiger charge is -2.17. The van der Waals surface area contributed by atoms with Crippen LogP contribution in [0.2, 0.25) is 0 Å². The molecule has 0 bridgehead atoms. The van der Waals surface area contributed by atoms with E-state index in [0.717, 1.165) is 38.7 Å². The molecule has 0 saturated carbocycles. The van der Waals surface area contributed by atoms with E-state index in [2.05, 4.69) is 35.3 Å². The van der Waals surface area contributed by atoms with E-state index in [9.17, 15) is 9.90 Å². The molecule has 0 aliphatic rings. The smallest absolute Gasteiger partial charge is 0.305 e. The summed E-state index contributed by atoms with van der Waals surface area (Å²) in [4.78, 5) is 15.2. The minimum atomic E-state index is -0.241. The van der Waals surface area contributed by atoms with Crippen molar-refractivity contribution < 1.29 is 14.6 Å². The molecule has 150 valence electrons. The van der Waals surface area contributed by atoms with Crippen LogP contribution < -0.4 is 0 Å². The van der Waals surface area contributed by atoms with Gasteiger partial charge >= 0.3 is 5.97 Å². The van der Waals surface area contributed by atoms with Gasteiger partial charge in [0.25, 0.3) is 0 Å². The Bertz CT molecular complexity index is 1190. The van der Waals surface area contributed by atoms with Crippen LogP contribution in [0, 0.1) is 0 Å². The molecule has 0 saturated heterocycles. The third-order valence-corrected chi connectivity index (χ3v) is 5.23. The number of phenols is 1. The molecule has 0 unspecified atom stereocenters. The third kappa shape index (κ3) is 4.13. The topological polar surface area (TPSA) is 62.3 Å². The molecule has 0 radical (unpaired) electrons. The monoisotopic (exact) mass is 397 g/mol. The summed E-state index contributed by atoms with van der Waals surface area (Å²) in [5.74, 6) is -0.0235. The van der Waals surface area contributed by atoms with E-state index in [1.54, 1.807) is 12.1 Å². The maximum absolute atomic E-state index is 11.9. The number of hydrogen-bond donors (Lipinski definition) is 2. The number of esters is 1. The Labute approximate surface area is 175 Å². The number of carbonyl (C=O) groups is 1. The number of phenolic OH excluding ortho intramolecular Hbond substituents is 1. The van der Waals surface area contributed by atoms with Crippen molar-refractivity contribution in [3.8, 4) is 5.75 Å². The highest BCUT2D eigenvalue weighted by molar-refractivity contribution is 6.01. The first-order valence-corrected chi connectivity index (χ1v) is 9.88. The first-order valence-electron chi connectivity index (χ1n) is 9.88. The normalized spacial score (nSPS) is 11.9. The summed E-state index contributed by atoms with van der Waals surface area (Å²) in [6, 6.07) is 25.6. The number of aromatic amines is 1. The minimum Gasteiger partial charge on any atom is -0.508 e. The zero-order valence-electron chi connectivity index (χ0n) is 16.8. The number of rotatable bonds is 6. The van der Waals surface area contributed by atoms with Crippen LogP contribution in [0.25, 0.3) is 22.0 Å². The van der Waals surface area contributed by atoms with Crippen molar-refractivity contribution in [3.63, 3.8) is 0 Å². The average Bonchev–Trinajstić information content (AvgIpc) is 3.26. The van der Waals surface area contributed by atoms with Crippen LogP contribution >= 0.6 is 0 Å². The van der Waals surface area contributed by atoms with Crippen LogP contribution in [0.15, 0.2) is 85.1 Å². The second-order valence-corrected chi connectivity index (χ2v) is 7.12. The fraction of sp³-hybridized carbons (Fsp3) is 0.115. The Morgan fingerprint density at radius 1 is 0.867 bits per heavy atom. The highest BCUT2D eigenvalue weighted by Crippen LogP contribution is 2.36. The predicted octanol–water partition coefficient (Wildman–Crippen LogP) is 5.79. The number of ether oxygens (including phenoxy) is 1. The highest BCUT2D eigenvalue weighted by atomic mass is 16.5. The molecule has 1 aromatic heterocycles. The minimum absolute atomic E-state index is 0.218. The number of fused-ring (bicyclic) bond motifs is 1. The van der Waals surface area contributed by atoms with Gasteiger partial charge < -0.3 is 14.8 Å². The van der Waals surface area contributed by atoms with Crippen molar-refractivity contribution in [2.45, 2.75) is 12.8 Å². The summed E-state index contributed by atoms with van der Waals surface area (Å²) < 4.78 is 4.89. The summed E-state index contributed by atoms with van der Waals surface area (Å²) in [6.07, 6.45) is 2.75. The van der Waals surface area contributed by atoms with Crippen LogP contribution in [0.4, 0.5) is 0 Å². The first kappa shape index (κ1) is 19.5. The van der Waals surface area contributed by atoms with Gasteiger partial charge in [-0.2, -0.15) is 0 Å². The molecule has 0 atom stereocenters. The molecular formula is C26H23NO3. The second-order valence-electron chi connectivity index (χ2n) is 7.12. The Balaban J connectivity index is 1.96. The molecule has 4 rings (SSSR count). The third-order valence-electron chi connectivity index (χ3n) is 5.23. The van der Waals surface area contributed by atoms with Crippen LogP contribution in [-0.4, -0.2) is 23.2 Å². The molecule has 4 nitrogen and oxygen atoms in total. The molecule has 4 heteroatoms. The van der Waals surface area contributed by atoms with E-state index in [0.29, 0.717) is 6.42 Å². The van der Waals surface area contributed by atoms with Crippen molar-refractivity contribution >= 4 is 28.0 Å². The first-order chi connectivity index (χ1) is 14.7. The number of aromatic hydroxyl groups is 1. The quantitative estimate of drug-likeness (QED) is 0.320. The van der Waals surface area contributed by atoms with Gasteiger partial charge in [0, 0.05) is 18.1 Å². The molecule has 0 spiro atoms. The summed E-state index contributed by atoms with van der Waals surface area (Å²) in [6.45, 7) is 0. The van der Waals surface area contributed by atoms with Gasteiger partial charge in [-0.25, -0.2) is 0 Å². The second kappa shape index (κ2) is 8.70. The lowest BCUT2D eigenvalue weighted by atomic mass is 9.87. The van der Waals surface area contributed by atoms with Crippen molar-refractivity contribution in [2.75, 3.05) is 7.11 Å². The van der Waals surface area contributed by atoms with Gasteiger partial charge in [-0.05, 0) is 70.0 Å². The number of H-pyrrole nitrogens is 1. The number of aromatic nitrogens is 1. The van der Waals surface area contributed by atoms with Crippen LogP contribution in [0.5, 0.6) is 5.75 Å². The number of hydrogen-bond acceptors (Lipinski definition) is 3. The van der Waals surface area contributed by atoms with Crippen LogP contribution in [0.3, 0.4) is 0 Å². The summed E-state index contributed by atoms with van der Waals surface area (Å²) in [5.41, 5.74) is 6.25. The summed E-state index contributed by atoms with van der Waals surface area (Å²) >= 11 is 0. The number of nitrogens with one attached hydrogen (secondary N) is 1. The molecule has 30 heavy (non-hydrogen) atoms. The van der Waals surface area contributed by atoms with Crippen LogP contribution in [0.1, 0.15) is 29.5 Å². The highest BCUT2D eigenvalue weighted by Gasteiger charge is 2.16. The van der Waals surface area contributed by atoms with Crippen molar-refractivity contribution in [1.29, 1.82) is 0 Å². The SMILES string of the molecule is COC(=O)CC/C(=C(\c1ccc(O)cc1)c1ccc2[nH]ccc2c1)c1ccccc1. The van der Waals surface area contributed by atoms with Gasteiger partial charge in [-0.3, -0.25) is 4.79 Å². The van der Waals surface area contributed by atoms with Gasteiger partial charge in [0.15, 0.2) is 0 Å². The van der Waals surface area contributed by atoms with Crippen LogP contribution in [-0.2, 0) is 9.53 Å². The number of methoxy groups -OCH3 is 1. The Kier molecular flexibility index (Phi) is 5.66. The van der Waals surface area contributed by atoms with Crippen molar-refractivity contribution in [1.82, 2.24) is 4.98 Å². The van der Waals surface area contributed by atoms with E-state index >= 15 is 0 Å². The predicted molar refractivity (Wildman–Crippen MR) is 120 cm³/mol. The van der Waals surface area contributed by atoms with Gasteiger partial charge in [-0.1, -0.05) is 48.5 Å². The zero-order chi connectivity index (χ0) is 20.9.